The molecule has 2 aromatic carbocycles. The largest absolute Gasteiger partial charge is 0.339 e. The number of hydrogen-bond donors (Lipinski definition) is 1. The van der Waals surface area contributed by atoms with Crippen LogP contribution in [-0.2, 0) is 4.79 Å². The first-order chi connectivity index (χ1) is 12.6. The van der Waals surface area contributed by atoms with Crippen LogP contribution in [0.2, 0.25) is 0 Å². The standard InChI is InChI=1S/C22H26N2O2/c1-16-9-8-12-19(22(26)24-13-6-7-14-24)21(16)23-20(25)15-17(2)18-10-4-3-5-11-18/h3-5,8-12,17H,6-7,13-15H2,1-2H3,(H,23,25). The molecule has 2 amide bonds. The Balaban J connectivity index is 1.74. The monoisotopic (exact) mass is 350 g/mol. The van der Waals surface area contributed by atoms with E-state index >= 15 is 0 Å². The molecule has 1 heterocycles. The summed E-state index contributed by atoms with van der Waals surface area (Å²) in [5, 5.41) is 3.00. The van der Waals surface area contributed by atoms with E-state index in [1.54, 1.807) is 0 Å². The molecule has 2 aromatic rings. The molecule has 0 saturated carbocycles. The van der Waals surface area contributed by atoms with Crippen LogP contribution in [0.15, 0.2) is 48.5 Å². The van der Waals surface area contributed by atoms with Crippen molar-refractivity contribution < 1.29 is 9.59 Å². The number of hydrogen-bond acceptors (Lipinski definition) is 2. The molecule has 1 N–H and O–H groups in total. The van der Waals surface area contributed by atoms with Crippen molar-refractivity contribution in [2.45, 2.75) is 39.0 Å². The number of rotatable bonds is 5. The van der Waals surface area contributed by atoms with E-state index in [4.69, 9.17) is 0 Å². The normalized spacial score (nSPS) is 14.9. The quantitative estimate of drug-likeness (QED) is 0.871. The fourth-order valence-corrected chi connectivity index (χ4v) is 3.47. The van der Waals surface area contributed by atoms with Gasteiger partial charge in [-0.2, -0.15) is 0 Å². The van der Waals surface area contributed by atoms with E-state index in [-0.39, 0.29) is 17.7 Å². The van der Waals surface area contributed by atoms with Gasteiger partial charge in [-0.15, -0.1) is 0 Å². The minimum Gasteiger partial charge on any atom is -0.339 e. The van der Waals surface area contributed by atoms with Crippen LogP contribution in [0.4, 0.5) is 5.69 Å². The predicted octanol–water partition coefficient (Wildman–Crippen LogP) is 4.36. The van der Waals surface area contributed by atoms with Crippen LogP contribution in [0.3, 0.4) is 0 Å². The summed E-state index contributed by atoms with van der Waals surface area (Å²) < 4.78 is 0. The zero-order valence-electron chi connectivity index (χ0n) is 15.5. The van der Waals surface area contributed by atoms with E-state index in [1.807, 2.05) is 67.3 Å². The second kappa shape index (κ2) is 8.17. The third-order valence-electron chi connectivity index (χ3n) is 5.02. The SMILES string of the molecule is Cc1cccc(C(=O)N2CCCC2)c1NC(=O)CC(C)c1ccccc1. The third-order valence-corrected chi connectivity index (χ3v) is 5.02. The number of carbonyl (C=O) groups excluding carboxylic acids is 2. The van der Waals surface area contributed by atoms with Gasteiger partial charge in [-0.3, -0.25) is 9.59 Å². The van der Waals surface area contributed by atoms with Crippen LogP contribution in [-0.4, -0.2) is 29.8 Å². The lowest BCUT2D eigenvalue weighted by Gasteiger charge is -2.20. The van der Waals surface area contributed by atoms with Gasteiger partial charge in [0.15, 0.2) is 0 Å². The zero-order valence-corrected chi connectivity index (χ0v) is 15.5. The highest BCUT2D eigenvalue weighted by atomic mass is 16.2. The average molecular weight is 350 g/mol. The highest BCUT2D eigenvalue weighted by Gasteiger charge is 2.23. The van der Waals surface area contributed by atoms with Gasteiger partial charge >= 0.3 is 0 Å². The van der Waals surface area contributed by atoms with Gasteiger partial charge in [0.25, 0.3) is 5.91 Å². The summed E-state index contributed by atoms with van der Waals surface area (Å²) in [5.41, 5.74) is 3.29. The first-order valence-electron chi connectivity index (χ1n) is 9.30. The first-order valence-corrected chi connectivity index (χ1v) is 9.30. The molecule has 0 spiro atoms. The van der Waals surface area contributed by atoms with Gasteiger partial charge in [-0.25, -0.2) is 0 Å². The number of benzene rings is 2. The molecular formula is C22H26N2O2. The minimum atomic E-state index is -0.0638. The number of para-hydroxylation sites is 1. The fraction of sp³-hybridized carbons (Fsp3) is 0.364. The highest BCUT2D eigenvalue weighted by molar-refractivity contribution is 6.04. The van der Waals surface area contributed by atoms with Crippen molar-refractivity contribution in [3.05, 3.63) is 65.2 Å². The summed E-state index contributed by atoms with van der Waals surface area (Å²) in [6.45, 7) is 5.57. The number of carbonyl (C=O) groups is 2. The Morgan fingerprint density at radius 3 is 2.42 bits per heavy atom. The van der Waals surface area contributed by atoms with Crippen molar-refractivity contribution in [3.8, 4) is 0 Å². The molecule has 0 aliphatic carbocycles. The Morgan fingerprint density at radius 1 is 1.04 bits per heavy atom. The second-order valence-electron chi connectivity index (χ2n) is 7.06. The van der Waals surface area contributed by atoms with Gasteiger partial charge in [-0.05, 0) is 42.9 Å². The van der Waals surface area contributed by atoms with Gasteiger partial charge in [-0.1, -0.05) is 49.4 Å². The lowest BCUT2D eigenvalue weighted by molar-refractivity contribution is -0.116. The molecule has 1 aliphatic heterocycles. The fourth-order valence-electron chi connectivity index (χ4n) is 3.47. The number of anilines is 1. The smallest absolute Gasteiger partial charge is 0.255 e. The molecule has 136 valence electrons. The Morgan fingerprint density at radius 2 is 1.73 bits per heavy atom. The maximum Gasteiger partial charge on any atom is 0.255 e. The second-order valence-corrected chi connectivity index (χ2v) is 7.06. The van der Waals surface area contributed by atoms with E-state index < -0.39 is 0 Å². The van der Waals surface area contributed by atoms with Gasteiger partial charge in [0.2, 0.25) is 5.91 Å². The molecule has 3 rings (SSSR count). The Bertz CT molecular complexity index is 780. The predicted molar refractivity (Wildman–Crippen MR) is 104 cm³/mol. The third kappa shape index (κ3) is 4.13. The molecule has 4 heteroatoms. The summed E-state index contributed by atoms with van der Waals surface area (Å²) in [5.74, 6) is 0.0710. The number of nitrogens with zero attached hydrogens (tertiary/aromatic N) is 1. The number of likely N-dealkylation sites (tertiary alicyclic amines) is 1. The van der Waals surface area contributed by atoms with Crippen LogP contribution in [0, 0.1) is 6.92 Å². The molecular weight excluding hydrogens is 324 g/mol. The average Bonchev–Trinajstić information content (AvgIpc) is 3.18. The summed E-state index contributed by atoms with van der Waals surface area (Å²) in [6, 6.07) is 15.6. The van der Waals surface area contributed by atoms with Crippen LogP contribution in [0.5, 0.6) is 0 Å². The Kier molecular flexibility index (Phi) is 5.71. The highest BCUT2D eigenvalue weighted by Crippen LogP contribution is 2.25. The van der Waals surface area contributed by atoms with Crippen LogP contribution < -0.4 is 5.32 Å². The molecule has 1 unspecified atom stereocenters. The lowest BCUT2D eigenvalue weighted by atomic mass is 9.97. The maximum absolute atomic E-state index is 12.8. The van der Waals surface area contributed by atoms with Crippen LogP contribution in [0.25, 0.3) is 0 Å². The summed E-state index contributed by atoms with van der Waals surface area (Å²) in [7, 11) is 0. The molecule has 26 heavy (non-hydrogen) atoms. The van der Waals surface area contributed by atoms with Crippen molar-refractivity contribution >= 4 is 17.5 Å². The van der Waals surface area contributed by atoms with Gasteiger partial charge in [0.05, 0.1) is 11.3 Å². The van der Waals surface area contributed by atoms with Crippen molar-refractivity contribution in [3.63, 3.8) is 0 Å². The van der Waals surface area contributed by atoms with Crippen LogP contribution in [0.1, 0.15) is 53.6 Å². The topological polar surface area (TPSA) is 49.4 Å². The molecule has 0 radical (unpaired) electrons. The minimum absolute atomic E-state index is 0.0117. The van der Waals surface area contributed by atoms with E-state index in [0.29, 0.717) is 17.7 Å². The molecule has 4 nitrogen and oxygen atoms in total. The molecule has 0 aromatic heterocycles. The van der Waals surface area contributed by atoms with Crippen molar-refractivity contribution in [1.29, 1.82) is 0 Å². The Labute approximate surface area is 155 Å². The first kappa shape index (κ1) is 18.2. The van der Waals surface area contributed by atoms with Gasteiger partial charge in [0.1, 0.15) is 0 Å². The molecule has 1 aliphatic rings. The maximum atomic E-state index is 12.8. The molecule has 1 atom stereocenters. The van der Waals surface area contributed by atoms with Crippen molar-refractivity contribution in [2.75, 3.05) is 18.4 Å². The zero-order chi connectivity index (χ0) is 18.5. The Hall–Kier alpha value is -2.62. The summed E-state index contributed by atoms with van der Waals surface area (Å²) in [6.07, 6.45) is 2.48. The van der Waals surface area contributed by atoms with E-state index in [1.165, 1.54) is 0 Å². The summed E-state index contributed by atoms with van der Waals surface area (Å²) in [4.78, 5) is 27.3. The van der Waals surface area contributed by atoms with Crippen LogP contribution >= 0.6 is 0 Å². The van der Waals surface area contributed by atoms with E-state index in [2.05, 4.69) is 5.32 Å². The van der Waals surface area contributed by atoms with Gasteiger partial charge < -0.3 is 10.2 Å². The molecule has 1 fully saturated rings. The van der Waals surface area contributed by atoms with Crippen molar-refractivity contribution in [1.82, 2.24) is 4.90 Å². The van der Waals surface area contributed by atoms with Crippen molar-refractivity contribution in [2.24, 2.45) is 0 Å². The number of nitrogens with one attached hydrogen (secondary N) is 1. The number of aryl methyl sites for hydroxylation is 1. The number of amides is 2. The van der Waals surface area contributed by atoms with E-state index in [9.17, 15) is 9.59 Å². The lowest BCUT2D eigenvalue weighted by Crippen LogP contribution is -2.29. The molecule has 1 saturated heterocycles. The van der Waals surface area contributed by atoms with E-state index in [0.717, 1.165) is 37.1 Å². The molecule has 0 bridgehead atoms. The summed E-state index contributed by atoms with van der Waals surface area (Å²) >= 11 is 0. The van der Waals surface area contributed by atoms with Gasteiger partial charge in [0, 0.05) is 19.5 Å².